The van der Waals surface area contributed by atoms with Crippen molar-refractivity contribution in [3.8, 4) is 23.3 Å². The molecule has 0 fully saturated rings. The molecule has 0 aromatic heterocycles. The highest BCUT2D eigenvalue weighted by Gasteiger charge is 2.16. The largest absolute Gasteiger partial charge is 0.490 e. The molecule has 0 aliphatic heterocycles. The van der Waals surface area contributed by atoms with Crippen LogP contribution in [0.5, 0.6) is 17.2 Å². The zero-order chi connectivity index (χ0) is 24.5. The number of carbonyl (C=O) groups excluding carboxylic acids is 1. The van der Waals surface area contributed by atoms with Crippen molar-refractivity contribution in [2.45, 2.75) is 26.7 Å². The third-order valence-electron chi connectivity index (χ3n) is 4.90. The second kappa shape index (κ2) is 11.7. The van der Waals surface area contributed by atoms with Gasteiger partial charge in [0.05, 0.1) is 18.2 Å². The molecule has 6 nitrogen and oxygen atoms in total. The summed E-state index contributed by atoms with van der Waals surface area (Å²) in [5.74, 6) is 0.388. The molecule has 3 aromatic rings. The van der Waals surface area contributed by atoms with E-state index >= 15 is 0 Å². The maximum atomic E-state index is 13.0. The van der Waals surface area contributed by atoms with E-state index in [0.717, 1.165) is 5.56 Å². The quantitative estimate of drug-likeness (QED) is 0.400. The highest BCUT2D eigenvalue weighted by molar-refractivity contribution is 5.94. The van der Waals surface area contributed by atoms with Gasteiger partial charge >= 0.3 is 6.61 Å². The first-order valence-electron chi connectivity index (χ1n) is 10.6. The smallest absolute Gasteiger partial charge is 0.387 e. The van der Waals surface area contributed by atoms with Crippen LogP contribution in [0.2, 0.25) is 0 Å². The molecule has 0 radical (unpaired) electrons. The van der Waals surface area contributed by atoms with Crippen molar-refractivity contribution in [2.24, 2.45) is 0 Å². The second-order valence-electron chi connectivity index (χ2n) is 7.34. The third-order valence-corrected chi connectivity index (χ3v) is 4.90. The lowest BCUT2D eigenvalue weighted by Crippen LogP contribution is -2.26. The number of ether oxygens (including phenoxy) is 3. The van der Waals surface area contributed by atoms with E-state index in [4.69, 9.17) is 9.47 Å². The third kappa shape index (κ3) is 6.45. The predicted molar refractivity (Wildman–Crippen MR) is 122 cm³/mol. The number of carbonyl (C=O) groups is 1. The van der Waals surface area contributed by atoms with Gasteiger partial charge in [0, 0.05) is 24.7 Å². The van der Waals surface area contributed by atoms with Gasteiger partial charge in [0.2, 0.25) is 0 Å². The number of halogens is 2. The topological polar surface area (TPSA) is 71.8 Å². The molecule has 0 saturated carbocycles. The van der Waals surface area contributed by atoms with Crippen LogP contribution in [0, 0.1) is 11.3 Å². The van der Waals surface area contributed by atoms with Gasteiger partial charge in [-0.05, 0) is 48.9 Å². The summed E-state index contributed by atoms with van der Waals surface area (Å²) in [7, 11) is 1.64. The zero-order valence-corrected chi connectivity index (χ0v) is 18.8. The molecule has 8 heteroatoms. The molecule has 0 aliphatic carbocycles. The Bertz CT molecular complexity index is 1180. The van der Waals surface area contributed by atoms with Crippen molar-refractivity contribution in [1.82, 2.24) is 4.90 Å². The number of nitrogens with zero attached hydrogens (tertiary/aromatic N) is 2. The lowest BCUT2D eigenvalue weighted by Gasteiger charge is -2.19. The molecule has 3 aromatic carbocycles. The van der Waals surface area contributed by atoms with Gasteiger partial charge in [0.15, 0.2) is 11.5 Å². The number of rotatable bonds is 10. The Morgan fingerprint density at radius 3 is 2.56 bits per heavy atom. The Balaban J connectivity index is 1.69. The Hall–Kier alpha value is -4.12. The van der Waals surface area contributed by atoms with Crippen LogP contribution in [0.4, 0.5) is 8.78 Å². The normalized spacial score (nSPS) is 10.5. The Morgan fingerprint density at radius 2 is 1.82 bits per heavy atom. The first kappa shape index (κ1) is 24.5. The van der Waals surface area contributed by atoms with Crippen molar-refractivity contribution in [2.75, 3.05) is 13.7 Å². The summed E-state index contributed by atoms with van der Waals surface area (Å²) in [5.41, 5.74) is 2.41. The highest BCUT2D eigenvalue weighted by atomic mass is 19.3. The molecule has 34 heavy (non-hydrogen) atoms. The van der Waals surface area contributed by atoms with Gasteiger partial charge in [-0.1, -0.05) is 30.3 Å². The Kier molecular flexibility index (Phi) is 8.41. The molecule has 0 atom stereocenters. The number of alkyl halides is 2. The standard InChI is InChI=1S/C26H24F2N2O4/c1-3-32-24-13-18(11-12-23(24)34-26(27)28)16-30(2)25(31)19-9-6-10-22(14-19)33-17-21-8-5-4-7-20(21)15-29/h4-14,26H,3,16-17H2,1-2H3. The average Bonchev–Trinajstić information content (AvgIpc) is 2.84. The van der Waals surface area contributed by atoms with E-state index in [1.54, 1.807) is 62.5 Å². The molecule has 0 saturated heterocycles. The summed E-state index contributed by atoms with van der Waals surface area (Å²) in [6, 6.07) is 20.6. The summed E-state index contributed by atoms with van der Waals surface area (Å²) in [6.07, 6.45) is 0. The van der Waals surface area contributed by atoms with Crippen molar-refractivity contribution in [3.63, 3.8) is 0 Å². The fraction of sp³-hybridized carbons (Fsp3) is 0.231. The maximum Gasteiger partial charge on any atom is 0.387 e. The van der Waals surface area contributed by atoms with E-state index in [-0.39, 0.29) is 37.2 Å². The molecule has 1 amide bonds. The Labute approximate surface area is 196 Å². The maximum absolute atomic E-state index is 13.0. The molecule has 0 unspecified atom stereocenters. The van der Waals surface area contributed by atoms with Crippen molar-refractivity contribution < 1.29 is 27.8 Å². The van der Waals surface area contributed by atoms with Gasteiger partial charge in [-0.25, -0.2) is 0 Å². The van der Waals surface area contributed by atoms with Crippen LogP contribution in [0.15, 0.2) is 66.7 Å². The number of hydrogen-bond acceptors (Lipinski definition) is 5. The SMILES string of the molecule is CCOc1cc(CN(C)C(=O)c2cccc(OCc3ccccc3C#N)c2)ccc1OC(F)F. The van der Waals surface area contributed by atoms with Crippen molar-refractivity contribution in [3.05, 3.63) is 89.0 Å². The van der Waals surface area contributed by atoms with Crippen molar-refractivity contribution >= 4 is 5.91 Å². The molecular formula is C26H24F2N2O4. The first-order chi connectivity index (χ1) is 16.4. The Morgan fingerprint density at radius 1 is 1.03 bits per heavy atom. The van der Waals surface area contributed by atoms with Gasteiger partial charge in [0.25, 0.3) is 5.91 Å². The van der Waals surface area contributed by atoms with E-state index in [9.17, 15) is 18.8 Å². The second-order valence-corrected chi connectivity index (χ2v) is 7.34. The fourth-order valence-corrected chi connectivity index (χ4v) is 3.31. The summed E-state index contributed by atoms with van der Waals surface area (Å²) in [5, 5.41) is 9.21. The summed E-state index contributed by atoms with van der Waals surface area (Å²) in [4.78, 5) is 14.5. The molecule has 3 rings (SSSR count). The number of benzene rings is 3. The van der Waals surface area contributed by atoms with E-state index < -0.39 is 6.61 Å². The lowest BCUT2D eigenvalue weighted by atomic mass is 10.1. The van der Waals surface area contributed by atoms with E-state index in [1.165, 1.54) is 11.0 Å². The number of nitriles is 1. The zero-order valence-electron chi connectivity index (χ0n) is 18.8. The van der Waals surface area contributed by atoms with Crippen LogP contribution >= 0.6 is 0 Å². The molecule has 0 N–H and O–H groups in total. The number of hydrogen-bond donors (Lipinski definition) is 0. The lowest BCUT2D eigenvalue weighted by molar-refractivity contribution is -0.0514. The van der Waals surface area contributed by atoms with E-state index in [0.29, 0.717) is 22.4 Å². The monoisotopic (exact) mass is 466 g/mol. The first-order valence-corrected chi connectivity index (χ1v) is 10.6. The minimum absolute atomic E-state index is 0.0580. The van der Waals surface area contributed by atoms with Crippen molar-refractivity contribution in [1.29, 1.82) is 5.26 Å². The number of amides is 1. The predicted octanol–water partition coefficient (Wildman–Crippen LogP) is 5.41. The molecule has 0 spiro atoms. The molecule has 0 bridgehead atoms. The van der Waals surface area contributed by atoms with Crippen LogP contribution in [-0.4, -0.2) is 31.1 Å². The van der Waals surface area contributed by atoms with Crippen LogP contribution in [0.25, 0.3) is 0 Å². The van der Waals surface area contributed by atoms with Gasteiger partial charge in [-0.3, -0.25) is 4.79 Å². The van der Waals surface area contributed by atoms with E-state index in [2.05, 4.69) is 10.8 Å². The average molecular weight is 466 g/mol. The van der Waals surface area contributed by atoms with Gasteiger partial charge in [0.1, 0.15) is 12.4 Å². The molecule has 176 valence electrons. The molecular weight excluding hydrogens is 442 g/mol. The molecule has 0 heterocycles. The van der Waals surface area contributed by atoms with Crippen LogP contribution in [0.1, 0.15) is 34.0 Å². The van der Waals surface area contributed by atoms with E-state index in [1.807, 2.05) is 12.1 Å². The van der Waals surface area contributed by atoms with Gasteiger partial charge in [-0.15, -0.1) is 0 Å². The minimum atomic E-state index is -2.96. The molecule has 0 aliphatic rings. The highest BCUT2D eigenvalue weighted by Crippen LogP contribution is 2.30. The summed E-state index contributed by atoms with van der Waals surface area (Å²) >= 11 is 0. The van der Waals surface area contributed by atoms with Crippen LogP contribution < -0.4 is 14.2 Å². The minimum Gasteiger partial charge on any atom is -0.490 e. The van der Waals surface area contributed by atoms with Crippen LogP contribution in [0.3, 0.4) is 0 Å². The summed E-state index contributed by atoms with van der Waals surface area (Å²) in [6.45, 7) is -0.512. The van der Waals surface area contributed by atoms with Gasteiger partial charge < -0.3 is 19.1 Å². The fourth-order valence-electron chi connectivity index (χ4n) is 3.31. The van der Waals surface area contributed by atoms with Crippen LogP contribution in [-0.2, 0) is 13.2 Å². The summed E-state index contributed by atoms with van der Waals surface area (Å²) < 4.78 is 40.9. The van der Waals surface area contributed by atoms with Gasteiger partial charge in [-0.2, -0.15) is 14.0 Å².